The molecule has 31 heavy (non-hydrogen) atoms. The fourth-order valence-corrected chi connectivity index (χ4v) is 7.01. The Morgan fingerprint density at radius 1 is 1.26 bits per heavy atom. The summed E-state index contributed by atoms with van der Waals surface area (Å²) < 4.78 is 6.94. The zero-order chi connectivity index (χ0) is 22.0. The van der Waals surface area contributed by atoms with Crippen molar-refractivity contribution in [2.75, 3.05) is 19.5 Å². The second kappa shape index (κ2) is 10.0. The highest BCUT2D eigenvalue weighted by Crippen LogP contribution is 2.35. The Kier molecular flexibility index (Phi) is 7.39. The molecular weight excluding hydrogens is 430 g/mol. The highest BCUT2D eigenvalue weighted by atomic mass is 32.2. The summed E-state index contributed by atoms with van der Waals surface area (Å²) >= 11 is 3.02. The molecule has 1 N–H and O–H groups in total. The number of nitrogens with zero attached hydrogens (tertiary/aromatic N) is 2. The molecule has 2 aliphatic rings. The lowest BCUT2D eigenvalue weighted by Gasteiger charge is -2.34. The Morgan fingerprint density at radius 2 is 2.06 bits per heavy atom. The molecule has 0 aliphatic heterocycles. The Hall–Kier alpha value is -1.38. The molecule has 0 saturated heterocycles. The number of rotatable bonds is 7. The lowest BCUT2D eigenvalue weighted by molar-refractivity contribution is -0.120. The van der Waals surface area contributed by atoms with Gasteiger partial charge in [-0.3, -0.25) is 14.2 Å². The van der Waals surface area contributed by atoms with Crippen LogP contribution in [0.5, 0.6) is 0 Å². The summed E-state index contributed by atoms with van der Waals surface area (Å²) in [5, 5.41) is 4.63. The van der Waals surface area contributed by atoms with Crippen LogP contribution in [0.15, 0.2) is 9.95 Å². The van der Waals surface area contributed by atoms with E-state index >= 15 is 0 Å². The summed E-state index contributed by atoms with van der Waals surface area (Å²) in [6, 6.07) is 0.243. The molecule has 1 fully saturated rings. The first-order valence-electron chi connectivity index (χ1n) is 11.5. The zero-order valence-corrected chi connectivity index (χ0v) is 20.4. The molecule has 0 spiro atoms. The van der Waals surface area contributed by atoms with Crippen LogP contribution in [-0.4, -0.2) is 41.0 Å². The van der Waals surface area contributed by atoms with Gasteiger partial charge in [0, 0.05) is 18.0 Å². The van der Waals surface area contributed by atoms with Crippen LogP contribution in [-0.2, 0) is 28.9 Å². The number of thiophene rings is 1. The molecule has 1 amide bonds. The van der Waals surface area contributed by atoms with Crippen molar-refractivity contribution in [1.82, 2.24) is 14.9 Å². The van der Waals surface area contributed by atoms with Crippen LogP contribution in [0, 0.1) is 11.8 Å². The molecule has 2 aromatic heterocycles. The number of nitrogens with one attached hydrogen (secondary N) is 1. The minimum Gasteiger partial charge on any atom is -0.383 e. The minimum absolute atomic E-state index is 0.0130. The molecule has 4 rings (SSSR count). The van der Waals surface area contributed by atoms with Crippen LogP contribution < -0.4 is 10.9 Å². The van der Waals surface area contributed by atoms with Gasteiger partial charge in [-0.15, -0.1) is 11.3 Å². The summed E-state index contributed by atoms with van der Waals surface area (Å²) in [5.41, 5.74) is 1.21. The van der Waals surface area contributed by atoms with Crippen molar-refractivity contribution < 1.29 is 9.53 Å². The van der Waals surface area contributed by atoms with E-state index in [2.05, 4.69) is 19.2 Å². The highest BCUT2D eigenvalue weighted by Gasteiger charge is 2.28. The first-order valence-corrected chi connectivity index (χ1v) is 13.3. The van der Waals surface area contributed by atoms with Crippen molar-refractivity contribution in [3.05, 3.63) is 20.8 Å². The molecule has 8 heteroatoms. The Labute approximate surface area is 192 Å². The van der Waals surface area contributed by atoms with Gasteiger partial charge in [-0.25, -0.2) is 4.98 Å². The van der Waals surface area contributed by atoms with Crippen molar-refractivity contribution >= 4 is 39.2 Å². The molecule has 2 aromatic rings. The van der Waals surface area contributed by atoms with E-state index in [-0.39, 0.29) is 23.3 Å². The van der Waals surface area contributed by atoms with Gasteiger partial charge in [-0.2, -0.15) is 0 Å². The largest absolute Gasteiger partial charge is 0.383 e. The van der Waals surface area contributed by atoms with Crippen molar-refractivity contribution in [3.63, 3.8) is 0 Å². The second-order valence-electron chi connectivity index (χ2n) is 8.97. The molecule has 0 unspecified atom stereocenters. The first kappa shape index (κ1) is 22.8. The van der Waals surface area contributed by atoms with Crippen molar-refractivity contribution in [2.45, 2.75) is 76.5 Å². The third-order valence-corrected chi connectivity index (χ3v) is 9.11. The SMILES string of the molecule is COCCn1c(SCC(=O)N[C@@H]2CCC[C@@H](C)[C@@H]2C)nc2sc3c(c2c1=O)CCCC3. The van der Waals surface area contributed by atoms with Crippen LogP contribution in [0.25, 0.3) is 10.2 Å². The molecule has 0 radical (unpaired) electrons. The maximum atomic E-state index is 13.4. The fourth-order valence-electron chi connectivity index (χ4n) is 4.87. The van der Waals surface area contributed by atoms with E-state index in [4.69, 9.17) is 9.72 Å². The third kappa shape index (κ3) is 4.86. The Bertz CT molecular complexity index is 1000. The zero-order valence-electron chi connectivity index (χ0n) is 18.7. The number of hydrogen-bond acceptors (Lipinski definition) is 6. The number of methoxy groups -OCH3 is 1. The number of fused-ring (bicyclic) bond motifs is 3. The molecule has 6 nitrogen and oxygen atoms in total. The maximum absolute atomic E-state index is 13.4. The maximum Gasteiger partial charge on any atom is 0.263 e. The molecule has 0 aromatic carbocycles. The van der Waals surface area contributed by atoms with Gasteiger partial charge < -0.3 is 10.1 Å². The number of carbonyl (C=O) groups excluding carboxylic acids is 1. The van der Waals surface area contributed by atoms with E-state index in [1.807, 2.05) is 0 Å². The summed E-state index contributed by atoms with van der Waals surface area (Å²) in [6.45, 7) is 5.39. The average molecular weight is 464 g/mol. The van der Waals surface area contributed by atoms with E-state index in [0.717, 1.165) is 35.9 Å². The van der Waals surface area contributed by atoms with Crippen molar-refractivity contribution in [2.24, 2.45) is 11.8 Å². The smallest absolute Gasteiger partial charge is 0.263 e. The number of aromatic nitrogens is 2. The van der Waals surface area contributed by atoms with E-state index < -0.39 is 0 Å². The van der Waals surface area contributed by atoms with Crippen LogP contribution in [0.2, 0.25) is 0 Å². The van der Waals surface area contributed by atoms with Gasteiger partial charge in [-0.05, 0) is 49.5 Å². The van der Waals surface area contributed by atoms with Gasteiger partial charge in [0.2, 0.25) is 5.91 Å². The normalized spacial score (nSPS) is 23.6. The third-order valence-electron chi connectivity index (χ3n) is 6.94. The molecular formula is C23H33N3O3S2. The number of ether oxygens (including phenoxy) is 1. The molecule has 3 atom stereocenters. The van der Waals surface area contributed by atoms with Gasteiger partial charge in [0.05, 0.1) is 24.3 Å². The highest BCUT2D eigenvalue weighted by molar-refractivity contribution is 7.99. The summed E-state index contributed by atoms with van der Waals surface area (Å²) in [6.07, 6.45) is 7.76. The molecule has 0 bridgehead atoms. The topological polar surface area (TPSA) is 73.2 Å². The summed E-state index contributed by atoms with van der Waals surface area (Å²) in [5.74, 6) is 1.43. The predicted octanol–water partition coefficient (Wildman–Crippen LogP) is 4.02. The summed E-state index contributed by atoms with van der Waals surface area (Å²) in [7, 11) is 1.63. The Morgan fingerprint density at radius 3 is 2.87 bits per heavy atom. The van der Waals surface area contributed by atoms with Gasteiger partial charge in [0.25, 0.3) is 5.56 Å². The molecule has 170 valence electrons. The van der Waals surface area contributed by atoms with Crippen molar-refractivity contribution in [3.8, 4) is 0 Å². The van der Waals surface area contributed by atoms with Gasteiger partial charge >= 0.3 is 0 Å². The summed E-state index contributed by atoms with van der Waals surface area (Å²) in [4.78, 5) is 33.1. The molecule has 2 heterocycles. The van der Waals surface area contributed by atoms with E-state index in [1.54, 1.807) is 23.0 Å². The second-order valence-corrected chi connectivity index (χ2v) is 11.0. The van der Waals surface area contributed by atoms with Crippen LogP contribution in [0.3, 0.4) is 0 Å². The first-order chi connectivity index (χ1) is 15.0. The van der Waals surface area contributed by atoms with E-state index in [9.17, 15) is 9.59 Å². The number of aryl methyl sites for hydroxylation is 2. The average Bonchev–Trinajstić information content (AvgIpc) is 3.13. The lowest BCUT2D eigenvalue weighted by Crippen LogP contribution is -2.44. The van der Waals surface area contributed by atoms with Crippen LogP contribution in [0.1, 0.15) is 56.4 Å². The van der Waals surface area contributed by atoms with Gasteiger partial charge in [-0.1, -0.05) is 38.5 Å². The molecule has 2 aliphatic carbocycles. The van der Waals surface area contributed by atoms with Crippen LogP contribution in [0.4, 0.5) is 0 Å². The lowest BCUT2D eigenvalue weighted by atomic mass is 9.78. The van der Waals surface area contributed by atoms with Crippen molar-refractivity contribution in [1.29, 1.82) is 0 Å². The quantitative estimate of drug-likeness (QED) is 0.496. The molecule has 1 saturated carbocycles. The van der Waals surface area contributed by atoms with E-state index in [1.165, 1.54) is 41.5 Å². The Balaban J connectivity index is 1.54. The monoisotopic (exact) mass is 463 g/mol. The number of carbonyl (C=O) groups is 1. The standard InChI is InChI=1S/C23H33N3O3S2/c1-14-7-6-9-17(15(14)2)24-19(27)13-30-23-25-21-20(22(28)26(23)11-12-29-3)16-8-4-5-10-18(16)31-21/h14-15,17H,4-13H2,1-3H3,(H,24,27)/t14-,15+,17-/m1/s1. The number of amides is 1. The van der Waals surface area contributed by atoms with Crippen LogP contribution >= 0.6 is 23.1 Å². The van der Waals surface area contributed by atoms with Gasteiger partial charge in [0.15, 0.2) is 5.16 Å². The fraction of sp³-hybridized carbons (Fsp3) is 0.696. The number of thioether (sulfide) groups is 1. The predicted molar refractivity (Wildman–Crippen MR) is 127 cm³/mol. The van der Waals surface area contributed by atoms with Gasteiger partial charge in [0.1, 0.15) is 4.83 Å². The number of hydrogen-bond donors (Lipinski definition) is 1. The van der Waals surface area contributed by atoms with E-state index in [0.29, 0.717) is 30.1 Å². The minimum atomic E-state index is 0.0130.